The molecular weight excluding hydrogens is 358 g/mol. The van der Waals surface area contributed by atoms with Gasteiger partial charge < -0.3 is 5.73 Å². The average molecular weight is 377 g/mol. The maximum Gasteiger partial charge on any atom is 0.271 e. The average Bonchev–Trinajstić information content (AvgIpc) is 2.96. The lowest BCUT2D eigenvalue weighted by Crippen LogP contribution is -2.22. The van der Waals surface area contributed by atoms with Crippen molar-refractivity contribution in [3.8, 4) is 17.1 Å². The summed E-state index contributed by atoms with van der Waals surface area (Å²) >= 11 is 1.67. The summed E-state index contributed by atoms with van der Waals surface area (Å²) in [6.45, 7) is 2.01. The summed E-state index contributed by atoms with van der Waals surface area (Å²) < 4.78 is 3.15. The predicted molar refractivity (Wildman–Crippen MR) is 110 cm³/mol. The first kappa shape index (κ1) is 17.4. The van der Waals surface area contributed by atoms with Gasteiger partial charge >= 0.3 is 0 Å². The quantitative estimate of drug-likeness (QED) is 0.554. The summed E-state index contributed by atoms with van der Waals surface area (Å²) in [4.78, 5) is 19.3. The minimum absolute atomic E-state index is 0.190. The maximum atomic E-state index is 13.4. The smallest absolute Gasteiger partial charge is 0.271 e. The lowest BCUT2D eigenvalue weighted by atomic mass is 10.1. The van der Waals surface area contributed by atoms with Crippen LogP contribution < -0.4 is 11.3 Å². The van der Waals surface area contributed by atoms with E-state index in [0.717, 1.165) is 21.7 Å². The molecule has 0 fully saturated rings. The van der Waals surface area contributed by atoms with Crippen LogP contribution in [0.5, 0.6) is 0 Å². The summed E-state index contributed by atoms with van der Waals surface area (Å²) in [5, 5.41) is 4.51. The number of benzene rings is 2. The van der Waals surface area contributed by atoms with Crippen molar-refractivity contribution in [2.75, 3.05) is 12.0 Å². The highest BCUT2D eigenvalue weighted by atomic mass is 32.2. The van der Waals surface area contributed by atoms with E-state index < -0.39 is 0 Å². The molecule has 0 saturated carbocycles. The van der Waals surface area contributed by atoms with Crippen LogP contribution in [-0.2, 0) is 7.05 Å². The summed E-state index contributed by atoms with van der Waals surface area (Å²) in [5.41, 5.74) is 8.96. The van der Waals surface area contributed by atoms with Crippen LogP contribution in [0.4, 0.5) is 5.82 Å². The first-order valence-corrected chi connectivity index (χ1v) is 9.69. The third-order valence-electron chi connectivity index (χ3n) is 4.52. The van der Waals surface area contributed by atoms with Crippen LogP contribution in [0.3, 0.4) is 0 Å². The fraction of sp³-hybridized carbons (Fsp3) is 0.150. The molecule has 2 N–H and O–H groups in total. The Morgan fingerprint density at radius 2 is 1.70 bits per heavy atom. The molecule has 6 nitrogen and oxygen atoms in total. The topological polar surface area (TPSA) is 78.7 Å². The van der Waals surface area contributed by atoms with Gasteiger partial charge in [-0.1, -0.05) is 29.8 Å². The van der Waals surface area contributed by atoms with E-state index in [0.29, 0.717) is 16.9 Å². The Balaban J connectivity index is 2.08. The molecule has 4 rings (SSSR count). The van der Waals surface area contributed by atoms with Crippen molar-refractivity contribution in [3.63, 3.8) is 0 Å². The van der Waals surface area contributed by atoms with Crippen LogP contribution in [0.2, 0.25) is 0 Å². The molecular formula is C20H19N5OS. The molecule has 27 heavy (non-hydrogen) atoms. The Bertz CT molecular complexity index is 1190. The van der Waals surface area contributed by atoms with Crippen molar-refractivity contribution in [2.45, 2.75) is 11.8 Å². The standard InChI is InChI=1S/C20H19N5OS/c1-12-4-8-14(9-5-12)25-18(13-6-10-15(27-3)11-7-13)22-19-16(20(25)26)17(21)23-24(19)2/h4-11H,1-3H3,(H2,21,23). The van der Waals surface area contributed by atoms with Crippen molar-refractivity contribution in [1.29, 1.82) is 0 Å². The van der Waals surface area contributed by atoms with Gasteiger partial charge in [-0.05, 0) is 37.4 Å². The Hall–Kier alpha value is -3.06. The van der Waals surface area contributed by atoms with Gasteiger partial charge in [0.15, 0.2) is 11.5 Å². The van der Waals surface area contributed by atoms with E-state index in [9.17, 15) is 4.79 Å². The van der Waals surface area contributed by atoms with Gasteiger partial charge in [-0.25, -0.2) is 9.67 Å². The van der Waals surface area contributed by atoms with E-state index >= 15 is 0 Å². The normalized spacial score (nSPS) is 11.2. The lowest BCUT2D eigenvalue weighted by Gasteiger charge is -2.13. The molecule has 0 spiro atoms. The number of hydrogen-bond donors (Lipinski definition) is 1. The molecule has 2 heterocycles. The molecule has 0 saturated heterocycles. The number of aromatic nitrogens is 4. The number of hydrogen-bond acceptors (Lipinski definition) is 5. The lowest BCUT2D eigenvalue weighted by molar-refractivity contribution is 0.788. The number of thioether (sulfide) groups is 1. The number of nitrogens with zero attached hydrogens (tertiary/aromatic N) is 4. The SMILES string of the molecule is CSc1ccc(-c2nc3c(c(N)nn3C)c(=O)n2-c2ccc(C)cc2)cc1. The number of anilines is 1. The van der Waals surface area contributed by atoms with Crippen molar-refractivity contribution in [1.82, 2.24) is 19.3 Å². The summed E-state index contributed by atoms with van der Waals surface area (Å²) in [7, 11) is 1.74. The van der Waals surface area contributed by atoms with Gasteiger partial charge in [0.1, 0.15) is 11.2 Å². The van der Waals surface area contributed by atoms with Gasteiger partial charge in [0.2, 0.25) is 0 Å². The molecule has 4 aromatic rings. The predicted octanol–water partition coefficient (Wildman–Crippen LogP) is 3.40. The number of aryl methyl sites for hydroxylation is 2. The third kappa shape index (κ3) is 2.90. The first-order valence-electron chi connectivity index (χ1n) is 8.46. The molecule has 0 aliphatic carbocycles. The van der Waals surface area contributed by atoms with Gasteiger partial charge in [-0.15, -0.1) is 11.8 Å². The van der Waals surface area contributed by atoms with Crippen molar-refractivity contribution >= 4 is 28.6 Å². The Labute approximate surface area is 160 Å². The highest BCUT2D eigenvalue weighted by Gasteiger charge is 2.19. The van der Waals surface area contributed by atoms with E-state index in [-0.39, 0.29) is 11.4 Å². The Morgan fingerprint density at radius 1 is 1.04 bits per heavy atom. The summed E-state index contributed by atoms with van der Waals surface area (Å²) in [6.07, 6.45) is 2.03. The molecule has 0 amide bonds. The van der Waals surface area contributed by atoms with Gasteiger partial charge in [-0.2, -0.15) is 5.10 Å². The molecule has 2 aromatic heterocycles. The number of nitrogen functional groups attached to an aromatic ring is 1. The molecule has 0 unspecified atom stereocenters. The van der Waals surface area contributed by atoms with Gasteiger partial charge in [0.25, 0.3) is 5.56 Å². The maximum absolute atomic E-state index is 13.4. The zero-order valence-corrected chi connectivity index (χ0v) is 16.1. The van der Waals surface area contributed by atoms with Crippen molar-refractivity contribution in [3.05, 3.63) is 64.4 Å². The number of nitrogens with two attached hydrogens (primary N) is 1. The number of fused-ring (bicyclic) bond motifs is 1. The molecule has 7 heteroatoms. The highest BCUT2D eigenvalue weighted by Crippen LogP contribution is 2.26. The fourth-order valence-corrected chi connectivity index (χ4v) is 3.50. The highest BCUT2D eigenvalue weighted by molar-refractivity contribution is 7.98. The van der Waals surface area contributed by atoms with Crippen LogP contribution in [0.25, 0.3) is 28.1 Å². The molecule has 0 bridgehead atoms. The minimum Gasteiger partial charge on any atom is -0.381 e. The van der Waals surface area contributed by atoms with Crippen LogP contribution >= 0.6 is 11.8 Å². The minimum atomic E-state index is -0.224. The van der Waals surface area contributed by atoms with E-state index in [4.69, 9.17) is 10.7 Å². The second kappa shape index (κ2) is 6.59. The summed E-state index contributed by atoms with van der Waals surface area (Å²) in [5.74, 6) is 0.752. The Morgan fingerprint density at radius 3 is 2.33 bits per heavy atom. The van der Waals surface area contributed by atoms with Gasteiger partial charge in [0, 0.05) is 17.5 Å². The second-order valence-corrected chi connectivity index (χ2v) is 7.23. The zero-order valence-electron chi connectivity index (χ0n) is 15.3. The largest absolute Gasteiger partial charge is 0.381 e. The molecule has 136 valence electrons. The molecule has 0 atom stereocenters. The fourth-order valence-electron chi connectivity index (χ4n) is 3.09. The molecule has 2 aromatic carbocycles. The van der Waals surface area contributed by atoms with Crippen LogP contribution in [0, 0.1) is 6.92 Å². The zero-order chi connectivity index (χ0) is 19.1. The van der Waals surface area contributed by atoms with Gasteiger partial charge in [-0.3, -0.25) is 9.36 Å². The van der Waals surface area contributed by atoms with E-state index in [1.165, 1.54) is 0 Å². The van der Waals surface area contributed by atoms with E-state index in [1.807, 2.05) is 61.7 Å². The van der Waals surface area contributed by atoms with E-state index in [2.05, 4.69) is 5.10 Å². The molecule has 0 aliphatic heterocycles. The third-order valence-corrected chi connectivity index (χ3v) is 5.27. The monoisotopic (exact) mass is 377 g/mol. The Kier molecular flexibility index (Phi) is 4.24. The molecule has 0 radical (unpaired) electrons. The van der Waals surface area contributed by atoms with Crippen LogP contribution in [0.15, 0.2) is 58.2 Å². The van der Waals surface area contributed by atoms with Crippen molar-refractivity contribution < 1.29 is 0 Å². The van der Waals surface area contributed by atoms with Crippen LogP contribution in [0.1, 0.15) is 5.56 Å². The van der Waals surface area contributed by atoms with E-state index in [1.54, 1.807) is 28.1 Å². The first-order chi connectivity index (χ1) is 13.0. The second-order valence-electron chi connectivity index (χ2n) is 6.35. The van der Waals surface area contributed by atoms with Gasteiger partial charge in [0.05, 0.1) is 5.69 Å². The molecule has 0 aliphatic rings. The number of rotatable bonds is 3. The van der Waals surface area contributed by atoms with Crippen molar-refractivity contribution in [2.24, 2.45) is 7.05 Å². The van der Waals surface area contributed by atoms with Crippen LogP contribution in [-0.4, -0.2) is 25.6 Å². The summed E-state index contributed by atoms with van der Waals surface area (Å²) in [6, 6.07) is 15.8.